The molecule has 6 rings (SSSR count). The fourth-order valence-corrected chi connectivity index (χ4v) is 8.86. The predicted octanol–water partition coefficient (Wildman–Crippen LogP) is 8.64. The van der Waals surface area contributed by atoms with Crippen LogP contribution < -0.4 is 20.3 Å². The largest absolute Gasteiger partial charge is 0.573 e. The van der Waals surface area contributed by atoms with Gasteiger partial charge in [0.15, 0.2) is 15.7 Å². The zero-order valence-electron chi connectivity index (χ0n) is 32.2. The summed E-state index contributed by atoms with van der Waals surface area (Å²) in [5.41, 5.74) is -1.25. The van der Waals surface area contributed by atoms with Gasteiger partial charge < -0.3 is 19.5 Å². The van der Waals surface area contributed by atoms with Gasteiger partial charge in [-0.25, -0.2) is 31.2 Å². The third kappa shape index (κ3) is 12.0. The first-order valence-corrected chi connectivity index (χ1v) is 22.2. The molecule has 5 aromatic rings. The SMILES string of the molecule is CCc1ccc(OC(F)(F)F)c(S(=O)(=O)c2ccc(-n3ncc(NCC4(F)CCCOC4)c(Cl)c3=O)cn2)c1.CCc1ccc(OC(F)(F)F)c(S(=O)(=O)c2ccc(Br)cn2)c1. The number of benzene rings is 2. The van der Waals surface area contributed by atoms with Gasteiger partial charge in [-0.3, -0.25) is 4.79 Å². The van der Waals surface area contributed by atoms with Crippen LogP contribution in [-0.4, -0.2) is 74.7 Å². The molecule has 24 heteroatoms. The summed E-state index contributed by atoms with van der Waals surface area (Å²) in [5, 5.41) is 5.54. The number of pyridine rings is 2. The molecule has 3 aromatic heterocycles. The zero-order chi connectivity index (χ0) is 45.7. The quantitative estimate of drug-likeness (QED) is 0.118. The highest BCUT2D eigenvalue weighted by atomic mass is 79.9. The molecule has 0 spiro atoms. The van der Waals surface area contributed by atoms with Crippen molar-refractivity contribution in [2.24, 2.45) is 0 Å². The minimum Gasteiger partial charge on any atom is -0.404 e. The van der Waals surface area contributed by atoms with Gasteiger partial charge in [0, 0.05) is 17.3 Å². The van der Waals surface area contributed by atoms with Crippen LogP contribution in [0.4, 0.5) is 36.4 Å². The molecule has 0 amide bonds. The van der Waals surface area contributed by atoms with E-state index in [1.54, 1.807) is 13.8 Å². The van der Waals surface area contributed by atoms with E-state index < -0.39 is 69.9 Å². The molecule has 1 saturated heterocycles. The van der Waals surface area contributed by atoms with E-state index in [0.29, 0.717) is 41.5 Å². The van der Waals surface area contributed by atoms with Crippen molar-refractivity contribution in [1.29, 1.82) is 0 Å². The molecule has 4 heterocycles. The van der Waals surface area contributed by atoms with Gasteiger partial charge in [-0.1, -0.05) is 37.6 Å². The van der Waals surface area contributed by atoms with Crippen molar-refractivity contribution in [2.75, 3.05) is 25.1 Å². The minimum atomic E-state index is -5.11. The van der Waals surface area contributed by atoms with Crippen molar-refractivity contribution in [3.63, 3.8) is 0 Å². The Hall–Kier alpha value is -4.84. The van der Waals surface area contributed by atoms with Crippen LogP contribution in [-0.2, 0) is 37.3 Å². The van der Waals surface area contributed by atoms with Crippen molar-refractivity contribution in [2.45, 2.75) is 77.8 Å². The molecule has 1 fully saturated rings. The maximum Gasteiger partial charge on any atom is 0.573 e. The smallest absolute Gasteiger partial charge is 0.404 e. The Labute approximate surface area is 363 Å². The van der Waals surface area contributed by atoms with Crippen molar-refractivity contribution >= 4 is 52.9 Å². The van der Waals surface area contributed by atoms with Gasteiger partial charge in [-0.2, -0.15) is 9.78 Å². The molecule has 13 nitrogen and oxygen atoms in total. The fraction of sp³-hybridized carbons (Fsp3) is 0.316. The van der Waals surface area contributed by atoms with Crippen LogP contribution in [0.15, 0.2) is 108 Å². The Morgan fingerprint density at radius 2 is 1.35 bits per heavy atom. The number of hydrogen-bond donors (Lipinski definition) is 1. The van der Waals surface area contributed by atoms with Crippen LogP contribution in [0.3, 0.4) is 0 Å². The summed E-state index contributed by atoms with van der Waals surface area (Å²) in [7, 11) is -8.80. The number of sulfone groups is 2. The monoisotopic (exact) mass is 999 g/mol. The van der Waals surface area contributed by atoms with Crippen molar-refractivity contribution in [1.82, 2.24) is 19.7 Å². The predicted molar refractivity (Wildman–Crippen MR) is 213 cm³/mol. The molecular formula is C38H34BrClF7N5O8S2. The Morgan fingerprint density at radius 3 is 1.79 bits per heavy atom. The third-order valence-electron chi connectivity index (χ3n) is 8.87. The van der Waals surface area contributed by atoms with Crippen LogP contribution in [0.1, 0.15) is 37.8 Å². The number of anilines is 1. The fourth-order valence-electron chi connectivity index (χ4n) is 5.74. The first kappa shape index (κ1) is 48.2. The van der Waals surface area contributed by atoms with Gasteiger partial charge in [-0.05, 0) is 101 Å². The summed E-state index contributed by atoms with van der Waals surface area (Å²) >= 11 is 9.30. The molecule has 0 aliphatic carbocycles. The van der Waals surface area contributed by atoms with Gasteiger partial charge in [0.25, 0.3) is 5.56 Å². The lowest BCUT2D eigenvalue weighted by Crippen LogP contribution is -2.40. The molecule has 62 heavy (non-hydrogen) atoms. The van der Waals surface area contributed by atoms with E-state index in [4.69, 9.17) is 16.3 Å². The molecule has 1 aliphatic heterocycles. The second kappa shape index (κ2) is 19.3. The van der Waals surface area contributed by atoms with Gasteiger partial charge in [-0.15, -0.1) is 26.3 Å². The summed E-state index contributed by atoms with van der Waals surface area (Å²) in [4.78, 5) is 19.1. The van der Waals surface area contributed by atoms with Crippen LogP contribution in [0.2, 0.25) is 5.02 Å². The van der Waals surface area contributed by atoms with Crippen molar-refractivity contribution in [3.8, 4) is 17.2 Å². The Bertz CT molecular complexity index is 2670. The molecule has 1 unspecified atom stereocenters. The highest BCUT2D eigenvalue weighted by Gasteiger charge is 2.37. The van der Waals surface area contributed by atoms with Gasteiger partial charge in [0.2, 0.25) is 19.7 Å². The van der Waals surface area contributed by atoms with E-state index in [0.717, 1.165) is 35.1 Å². The number of rotatable bonds is 12. The molecule has 2 aromatic carbocycles. The number of ether oxygens (including phenoxy) is 3. The summed E-state index contributed by atoms with van der Waals surface area (Å²) in [6.45, 7) is 3.71. The number of alkyl halides is 7. The molecule has 334 valence electrons. The molecule has 0 radical (unpaired) electrons. The summed E-state index contributed by atoms with van der Waals surface area (Å²) in [6.07, 6.45) is -4.97. The normalized spacial score (nSPS) is 15.9. The van der Waals surface area contributed by atoms with Crippen LogP contribution in [0.5, 0.6) is 11.5 Å². The summed E-state index contributed by atoms with van der Waals surface area (Å²) < 4.78 is 157. The third-order valence-corrected chi connectivity index (χ3v) is 13.1. The molecule has 1 atom stereocenters. The Kier molecular flexibility index (Phi) is 15.0. The lowest BCUT2D eigenvalue weighted by molar-refractivity contribution is -0.276. The summed E-state index contributed by atoms with van der Waals surface area (Å²) in [5.74, 6) is -1.67. The molecule has 1 N–H and O–H groups in total. The standard InChI is InChI=1S/C24H23ClF4N4O5S.C14H11BrF3NO3S/c1-2-15-4-6-18(38-24(27,28)29)19(10-15)39(35,36)20-7-5-16(11-30-20)33-22(34)21(25)17(12-32-33)31-13-23(26)8-3-9-37-14-23;1-2-9-3-5-11(22-14(16,17)18)12(7-9)23(20,21)13-6-4-10(15)8-19-13/h4-7,10-12,31H,2-3,8-9,13-14H2,1H3;3-8H,2H2,1H3. The first-order valence-electron chi connectivity index (χ1n) is 18.1. The molecule has 0 saturated carbocycles. The average molecular weight is 1000 g/mol. The number of nitrogens with one attached hydrogen (secondary N) is 1. The Balaban J connectivity index is 0.000000269. The number of halogens is 9. The van der Waals surface area contributed by atoms with Crippen LogP contribution in [0.25, 0.3) is 5.69 Å². The number of hydrogen-bond acceptors (Lipinski definition) is 12. The Morgan fingerprint density at radius 1 is 0.823 bits per heavy atom. The molecule has 1 aliphatic rings. The van der Waals surface area contributed by atoms with E-state index in [9.17, 15) is 52.4 Å². The van der Waals surface area contributed by atoms with Crippen LogP contribution >= 0.6 is 27.5 Å². The zero-order valence-corrected chi connectivity index (χ0v) is 36.2. The van der Waals surface area contributed by atoms with Crippen molar-refractivity contribution in [3.05, 3.63) is 110 Å². The van der Waals surface area contributed by atoms with Gasteiger partial charge in [0.1, 0.15) is 26.3 Å². The number of aromatic nitrogens is 4. The average Bonchev–Trinajstić information content (AvgIpc) is 3.21. The maximum atomic E-state index is 14.8. The maximum absolute atomic E-state index is 14.8. The first-order chi connectivity index (χ1) is 29.0. The highest BCUT2D eigenvalue weighted by Crippen LogP contribution is 2.36. The van der Waals surface area contributed by atoms with E-state index >= 15 is 0 Å². The van der Waals surface area contributed by atoms with Crippen molar-refractivity contribution < 1.29 is 61.8 Å². The second-order valence-electron chi connectivity index (χ2n) is 13.3. The van der Waals surface area contributed by atoms with E-state index in [1.807, 2.05) is 0 Å². The number of nitrogens with zero attached hydrogens (tertiary/aromatic N) is 4. The van der Waals surface area contributed by atoms with Crippen LogP contribution in [0, 0.1) is 0 Å². The topological polar surface area (TPSA) is 169 Å². The lowest BCUT2D eigenvalue weighted by atomic mass is 9.99. The summed E-state index contributed by atoms with van der Waals surface area (Å²) in [6, 6.07) is 11.8. The number of aryl methyl sites for hydroxylation is 2. The lowest BCUT2D eigenvalue weighted by Gasteiger charge is -2.29. The van der Waals surface area contributed by atoms with E-state index in [-0.39, 0.29) is 41.0 Å². The molecular weight excluding hydrogens is 967 g/mol. The highest BCUT2D eigenvalue weighted by molar-refractivity contribution is 9.10. The molecule has 0 bridgehead atoms. The van der Waals surface area contributed by atoms with Gasteiger partial charge in [0.05, 0.1) is 36.9 Å². The second-order valence-corrected chi connectivity index (χ2v) is 18.3. The minimum absolute atomic E-state index is 0.0316. The van der Waals surface area contributed by atoms with E-state index in [1.165, 1.54) is 48.8 Å². The van der Waals surface area contributed by atoms with E-state index in [2.05, 4.69) is 45.8 Å². The van der Waals surface area contributed by atoms with Gasteiger partial charge >= 0.3 is 12.7 Å².